The van der Waals surface area contributed by atoms with Gasteiger partial charge in [0, 0.05) is 0 Å². The molecule has 17 heavy (non-hydrogen) atoms. The second-order valence-corrected chi connectivity index (χ2v) is 5.78. The largest absolute Gasteiger partial charge is 0.496 e. The highest BCUT2D eigenvalue weighted by Gasteiger charge is 2.15. The van der Waals surface area contributed by atoms with E-state index in [0.29, 0.717) is 17.1 Å². The van der Waals surface area contributed by atoms with Gasteiger partial charge in [0.2, 0.25) is 0 Å². The van der Waals surface area contributed by atoms with Gasteiger partial charge in [0.25, 0.3) is 0 Å². The van der Waals surface area contributed by atoms with E-state index in [-0.39, 0.29) is 12.4 Å². The van der Waals surface area contributed by atoms with Crippen LogP contribution >= 0.6 is 0 Å². The van der Waals surface area contributed by atoms with Crippen LogP contribution < -0.4 is 10.6 Å². The molecule has 0 fully saturated rings. The van der Waals surface area contributed by atoms with E-state index in [1.807, 2.05) is 0 Å². The molecule has 96 valence electrons. The predicted molar refractivity (Wildman–Crippen MR) is 64.5 cm³/mol. The molecule has 0 spiro atoms. The number of hydrogen-bond acceptors (Lipinski definition) is 5. The van der Waals surface area contributed by atoms with Gasteiger partial charge in [0.05, 0.1) is 24.4 Å². The first kappa shape index (κ1) is 14.0. The molecule has 0 unspecified atom stereocenters. The molecule has 1 rings (SSSR count). The smallest absolute Gasteiger partial charge is 0.178 e. The van der Waals surface area contributed by atoms with Crippen molar-refractivity contribution in [3.63, 3.8) is 0 Å². The lowest BCUT2D eigenvalue weighted by Crippen LogP contribution is -2.11. The quantitative estimate of drug-likeness (QED) is 0.610. The minimum Gasteiger partial charge on any atom is -0.496 e. The molecule has 0 aliphatic rings. The van der Waals surface area contributed by atoms with Gasteiger partial charge in [-0.15, -0.1) is 0 Å². The van der Waals surface area contributed by atoms with Crippen molar-refractivity contribution in [1.82, 2.24) is 0 Å². The number of methoxy groups -OCH3 is 1. The minimum atomic E-state index is -3.27. The molecule has 0 heterocycles. The maximum Gasteiger partial charge on any atom is 0.178 e. The summed E-state index contributed by atoms with van der Waals surface area (Å²) in [7, 11) is -1.72. The summed E-state index contributed by atoms with van der Waals surface area (Å²) in [4.78, 5) is 4.65. The lowest BCUT2D eigenvalue weighted by atomic mass is 10.2. The molecule has 0 aliphatic carbocycles. The molecule has 1 aromatic carbocycles. The number of hydrogen-bond donors (Lipinski definition) is 1. The van der Waals surface area contributed by atoms with Gasteiger partial charge in [0.15, 0.2) is 9.84 Å². The lowest BCUT2D eigenvalue weighted by Gasteiger charge is -2.08. The van der Waals surface area contributed by atoms with Crippen molar-refractivity contribution in [1.29, 1.82) is 0 Å². The van der Waals surface area contributed by atoms with Gasteiger partial charge in [-0.2, -0.15) is 0 Å². The molecule has 0 amide bonds. The molecule has 6 heteroatoms. The van der Waals surface area contributed by atoms with Crippen molar-refractivity contribution in [2.45, 2.75) is 18.2 Å². The number of ether oxygens (including phenoxy) is 1. The van der Waals surface area contributed by atoms with Gasteiger partial charge in [-0.25, -0.2) is 14.3 Å². The average Bonchev–Trinajstić information content (AvgIpc) is 2.29. The third-order valence-electron chi connectivity index (χ3n) is 2.40. The van der Waals surface area contributed by atoms with Gasteiger partial charge >= 0.3 is 0 Å². The molecule has 2 N–H and O–H groups in total. The fraction of sp³-hybridized carbons (Fsp3) is 0.455. The second kappa shape index (κ2) is 6.00. The molecule has 0 saturated carbocycles. The van der Waals surface area contributed by atoms with Gasteiger partial charge < -0.3 is 9.57 Å². The van der Waals surface area contributed by atoms with Crippen molar-refractivity contribution >= 4 is 9.84 Å². The zero-order chi connectivity index (χ0) is 12.9. The zero-order valence-corrected chi connectivity index (χ0v) is 10.8. The summed E-state index contributed by atoms with van der Waals surface area (Å²) < 4.78 is 28.9. The van der Waals surface area contributed by atoms with Crippen LogP contribution in [0, 0.1) is 6.92 Å². The van der Waals surface area contributed by atoms with Crippen molar-refractivity contribution in [3.05, 3.63) is 23.8 Å². The van der Waals surface area contributed by atoms with Gasteiger partial charge in [-0.1, -0.05) is 0 Å². The van der Waals surface area contributed by atoms with Crippen LogP contribution in [0.1, 0.15) is 12.0 Å². The Morgan fingerprint density at radius 3 is 2.59 bits per heavy atom. The fourth-order valence-electron chi connectivity index (χ4n) is 1.49. The van der Waals surface area contributed by atoms with E-state index in [9.17, 15) is 8.42 Å². The fourth-order valence-corrected chi connectivity index (χ4v) is 2.86. The zero-order valence-electron chi connectivity index (χ0n) is 9.97. The summed E-state index contributed by atoms with van der Waals surface area (Å²) in [6.45, 7) is 2.04. The maximum absolute atomic E-state index is 11.9. The Morgan fingerprint density at radius 1 is 1.35 bits per heavy atom. The molecular formula is C11H17NO4S. The molecule has 0 atom stereocenters. The maximum atomic E-state index is 11.9. The van der Waals surface area contributed by atoms with Crippen LogP contribution in [0.3, 0.4) is 0 Å². The third-order valence-corrected chi connectivity index (χ3v) is 4.20. The van der Waals surface area contributed by atoms with E-state index in [2.05, 4.69) is 4.84 Å². The van der Waals surface area contributed by atoms with E-state index < -0.39 is 9.84 Å². The molecule has 0 radical (unpaired) electrons. The molecule has 5 nitrogen and oxygen atoms in total. The predicted octanol–water partition coefficient (Wildman–Crippen LogP) is 1.06. The summed E-state index contributed by atoms with van der Waals surface area (Å²) in [5.74, 6) is 5.55. The Morgan fingerprint density at radius 2 is 2.06 bits per heavy atom. The minimum absolute atomic E-state index is 0.0238. The summed E-state index contributed by atoms with van der Waals surface area (Å²) in [5, 5.41) is 0. The highest BCUT2D eigenvalue weighted by atomic mass is 32.2. The molecular weight excluding hydrogens is 242 g/mol. The lowest BCUT2D eigenvalue weighted by molar-refractivity contribution is 0.139. The van der Waals surface area contributed by atoms with E-state index in [4.69, 9.17) is 10.6 Å². The van der Waals surface area contributed by atoms with Crippen LogP contribution in [-0.2, 0) is 14.7 Å². The first-order valence-corrected chi connectivity index (χ1v) is 6.85. The Bertz CT molecular complexity index is 470. The molecule has 0 aliphatic heterocycles. The normalized spacial score (nSPS) is 11.5. The van der Waals surface area contributed by atoms with Crippen LogP contribution in [0.25, 0.3) is 0 Å². The van der Waals surface area contributed by atoms with E-state index in [1.165, 1.54) is 0 Å². The number of benzene rings is 1. The third kappa shape index (κ3) is 3.69. The van der Waals surface area contributed by atoms with E-state index in [1.54, 1.807) is 32.2 Å². The van der Waals surface area contributed by atoms with Crippen molar-refractivity contribution in [3.8, 4) is 5.75 Å². The highest BCUT2D eigenvalue weighted by molar-refractivity contribution is 7.91. The van der Waals surface area contributed by atoms with Crippen LogP contribution in [-0.4, -0.2) is 27.9 Å². The second-order valence-electron chi connectivity index (χ2n) is 3.67. The highest BCUT2D eigenvalue weighted by Crippen LogP contribution is 2.22. The van der Waals surface area contributed by atoms with Crippen LogP contribution in [0.15, 0.2) is 23.1 Å². The van der Waals surface area contributed by atoms with Crippen LogP contribution in [0.2, 0.25) is 0 Å². The summed E-state index contributed by atoms with van der Waals surface area (Å²) in [6, 6.07) is 4.81. The standard InChI is InChI=1S/C11H17NO4S/c1-9-8-10(4-5-11(9)15-2)17(13,14)7-3-6-16-12/h4-5,8H,3,6-7,12H2,1-2H3. The Kier molecular flexibility index (Phi) is 4.92. The average molecular weight is 259 g/mol. The Balaban J connectivity index is 2.88. The van der Waals surface area contributed by atoms with Gasteiger partial charge in [0.1, 0.15) is 5.75 Å². The summed E-state index contributed by atoms with van der Waals surface area (Å²) in [5.41, 5.74) is 0.795. The Labute approximate surface area is 101 Å². The van der Waals surface area contributed by atoms with Crippen molar-refractivity contribution in [2.75, 3.05) is 19.5 Å². The first-order valence-electron chi connectivity index (χ1n) is 5.20. The van der Waals surface area contributed by atoms with E-state index >= 15 is 0 Å². The monoisotopic (exact) mass is 259 g/mol. The molecule has 1 aromatic rings. The number of aryl methyl sites for hydroxylation is 1. The molecule has 0 aromatic heterocycles. The molecule has 0 saturated heterocycles. The van der Waals surface area contributed by atoms with Crippen LogP contribution in [0.4, 0.5) is 0 Å². The van der Waals surface area contributed by atoms with E-state index in [0.717, 1.165) is 5.56 Å². The first-order chi connectivity index (χ1) is 8.01. The number of nitrogens with two attached hydrogens (primary N) is 1. The topological polar surface area (TPSA) is 78.6 Å². The van der Waals surface area contributed by atoms with Gasteiger partial charge in [-0.05, 0) is 37.1 Å². The number of rotatable bonds is 6. The SMILES string of the molecule is COc1ccc(S(=O)(=O)CCCON)cc1C. The van der Waals surface area contributed by atoms with Crippen molar-refractivity contribution < 1.29 is 18.0 Å². The summed E-state index contributed by atoms with van der Waals surface area (Å²) >= 11 is 0. The molecule has 0 bridgehead atoms. The Hall–Kier alpha value is -1.11. The van der Waals surface area contributed by atoms with Crippen LogP contribution in [0.5, 0.6) is 5.75 Å². The van der Waals surface area contributed by atoms with Gasteiger partial charge in [-0.3, -0.25) is 0 Å². The van der Waals surface area contributed by atoms with Crippen molar-refractivity contribution in [2.24, 2.45) is 5.90 Å². The number of sulfone groups is 1. The summed E-state index contributed by atoms with van der Waals surface area (Å²) in [6.07, 6.45) is 0.379.